The van der Waals surface area contributed by atoms with Crippen LogP contribution in [0.2, 0.25) is 0 Å². The highest BCUT2D eigenvalue weighted by molar-refractivity contribution is 6.08. The molecular weight excluding hydrogens is 306 g/mol. The lowest BCUT2D eigenvalue weighted by molar-refractivity contribution is 0.0962. The van der Waals surface area contributed by atoms with Crippen molar-refractivity contribution in [2.75, 3.05) is 21.3 Å². The number of ether oxygens (including phenoxy) is 2. The molecule has 1 N–H and O–H groups in total. The van der Waals surface area contributed by atoms with E-state index in [4.69, 9.17) is 9.47 Å². The number of rotatable bonds is 6. The number of carbonyl (C=O) groups is 2. The Bertz CT molecular complexity index is 763. The van der Waals surface area contributed by atoms with Gasteiger partial charge in [-0.1, -0.05) is 18.2 Å². The third kappa shape index (κ3) is 4.01. The standard InChI is InChI=1S/C19H19NO4/c1-20-19(22)14-7-4-13(5-8-14)6-11-17(21)16-10-9-15(23-2)12-18(16)24-3/h4-12H,1-3H3,(H,20,22)/b11-6+. The summed E-state index contributed by atoms with van der Waals surface area (Å²) in [7, 11) is 4.64. The fourth-order valence-electron chi connectivity index (χ4n) is 2.15. The van der Waals surface area contributed by atoms with Gasteiger partial charge in [-0.15, -0.1) is 0 Å². The van der Waals surface area contributed by atoms with Gasteiger partial charge in [0, 0.05) is 18.7 Å². The molecule has 0 spiro atoms. The molecule has 2 aromatic rings. The number of nitrogens with one attached hydrogen (secondary N) is 1. The van der Waals surface area contributed by atoms with E-state index in [0.717, 1.165) is 5.56 Å². The summed E-state index contributed by atoms with van der Waals surface area (Å²) < 4.78 is 10.4. The van der Waals surface area contributed by atoms with Gasteiger partial charge in [-0.05, 0) is 35.9 Å². The summed E-state index contributed by atoms with van der Waals surface area (Å²) in [6.07, 6.45) is 3.17. The van der Waals surface area contributed by atoms with Crippen LogP contribution in [0.15, 0.2) is 48.5 Å². The molecule has 1 amide bonds. The first-order valence-electron chi connectivity index (χ1n) is 7.35. The first-order chi connectivity index (χ1) is 11.6. The van der Waals surface area contributed by atoms with E-state index in [1.807, 2.05) is 0 Å². The van der Waals surface area contributed by atoms with Crippen molar-refractivity contribution in [3.63, 3.8) is 0 Å². The molecule has 24 heavy (non-hydrogen) atoms. The zero-order chi connectivity index (χ0) is 17.5. The van der Waals surface area contributed by atoms with Gasteiger partial charge >= 0.3 is 0 Å². The van der Waals surface area contributed by atoms with Gasteiger partial charge in [0.2, 0.25) is 0 Å². The number of carbonyl (C=O) groups excluding carboxylic acids is 2. The van der Waals surface area contributed by atoms with Crippen LogP contribution in [0.1, 0.15) is 26.3 Å². The van der Waals surface area contributed by atoms with Gasteiger partial charge in [-0.3, -0.25) is 9.59 Å². The number of amides is 1. The summed E-state index contributed by atoms with van der Waals surface area (Å²) in [6.45, 7) is 0. The van der Waals surface area contributed by atoms with Crippen LogP contribution in [-0.4, -0.2) is 33.0 Å². The molecule has 0 fully saturated rings. The lowest BCUT2D eigenvalue weighted by Gasteiger charge is -2.07. The van der Waals surface area contributed by atoms with Gasteiger partial charge in [0.25, 0.3) is 5.91 Å². The van der Waals surface area contributed by atoms with E-state index in [1.165, 1.54) is 13.2 Å². The molecule has 0 aliphatic rings. The largest absolute Gasteiger partial charge is 0.497 e. The number of benzene rings is 2. The number of hydrogen-bond donors (Lipinski definition) is 1. The van der Waals surface area contributed by atoms with Crippen LogP contribution in [0, 0.1) is 0 Å². The molecule has 0 aliphatic heterocycles. The summed E-state index contributed by atoms with van der Waals surface area (Å²) in [5, 5.41) is 2.56. The molecule has 0 aromatic heterocycles. The number of methoxy groups -OCH3 is 2. The topological polar surface area (TPSA) is 64.6 Å². The molecule has 0 saturated carbocycles. The second kappa shape index (κ2) is 7.97. The molecule has 0 atom stereocenters. The van der Waals surface area contributed by atoms with E-state index in [0.29, 0.717) is 22.6 Å². The monoisotopic (exact) mass is 325 g/mol. The Balaban J connectivity index is 2.17. The van der Waals surface area contributed by atoms with Gasteiger partial charge in [0.1, 0.15) is 11.5 Å². The fraction of sp³-hybridized carbons (Fsp3) is 0.158. The average molecular weight is 325 g/mol. The van der Waals surface area contributed by atoms with Crippen molar-refractivity contribution in [2.24, 2.45) is 0 Å². The fourth-order valence-corrected chi connectivity index (χ4v) is 2.15. The summed E-state index contributed by atoms with van der Waals surface area (Å²) in [5.41, 5.74) is 1.85. The quantitative estimate of drug-likeness (QED) is 0.655. The smallest absolute Gasteiger partial charge is 0.251 e. The minimum atomic E-state index is -0.176. The number of allylic oxidation sites excluding steroid dienone is 1. The Morgan fingerprint density at radius 1 is 1.00 bits per heavy atom. The predicted molar refractivity (Wildman–Crippen MR) is 92.7 cm³/mol. The first kappa shape index (κ1) is 17.3. The van der Waals surface area contributed by atoms with E-state index >= 15 is 0 Å². The maximum atomic E-state index is 12.3. The van der Waals surface area contributed by atoms with E-state index in [-0.39, 0.29) is 11.7 Å². The van der Waals surface area contributed by atoms with Crippen LogP contribution in [0.3, 0.4) is 0 Å². The maximum absolute atomic E-state index is 12.3. The zero-order valence-electron chi connectivity index (χ0n) is 13.8. The highest BCUT2D eigenvalue weighted by Crippen LogP contribution is 2.25. The maximum Gasteiger partial charge on any atom is 0.251 e. The summed E-state index contributed by atoms with van der Waals surface area (Å²) >= 11 is 0. The average Bonchev–Trinajstić information content (AvgIpc) is 2.65. The van der Waals surface area contributed by atoms with Crippen molar-refractivity contribution in [3.8, 4) is 11.5 Å². The molecule has 0 bridgehead atoms. The van der Waals surface area contributed by atoms with Crippen molar-refractivity contribution < 1.29 is 19.1 Å². The molecule has 5 nitrogen and oxygen atoms in total. The predicted octanol–water partition coefficient (Wildman–Crippen LogP) is 2.96. The second-order valence-corrected chi connectivity index (χ2v) is 4.96. The van der Waals surface area contributed by atoms with Crippen LogP contribution in [0.4, 0.5) is 0 Å². The lowest BCUT2D eigenvalue weighted by atomic mass is 10.1. The first-order valence-corrected chi connectivity index (χ1v) is 7.35. The lowest BCUT2D eigenvalue weighted by Crippen LogP contribution is -2.17. The van der Waals surface area contributed by atoms with Crippen LogP contribution in [0.25, 0.3) is 6.08 Å². The highest BCUT2D eigenvalue weighted by atomic mass is 16.5. The number of ketones is 1. The number of hydrogen-bond acceptors (Lipinski definition) is 4. The normalized spacial score (nSPS) is 10.5. The second-order valence-electron chi connectivity index (χ2n) is 4.96. The summed E-state index contributed by atoms with van der Waals surface area (Å²) in [6, 6.07) is 12.0. The molecule has 124 valence electrons. The Morgan fingerprint density at radius 3 is 2.29 bits per heavy atom. The van der Waals surface area contributed by atoms with Crippen molar-refractivity contribution in [1.29, 1.82) is 0 Å². The third-order valence-corrected chi connectivity index (χ3v) is 3.50. The van der Waals surface area contributed by atoms with E-state index in [1.54, 1.807) is 62.7 Å². The summed E-state index contributed by atoms with van der Waals surface area (Å²) in [5.74, 6) is 0.755. The third-order valence-electron chi connectivity index (χ3n) is 3.50. The van der Waals surface area contributed by atoms with Gasteiger partial charge in [0.15, 0.2) is 5.78 Å². The van der Waals surface area contributed by atoms with Gasteiger partial charge < -0.3 is 14.8 Å². The molecule has 5 heteroatoms. The molecule has 0 unspecified atom stereocenters. The molecular formula is C19H19NO4. The van der Waals surface area contributed by atoms with Gasteiger partial charge in [-0.2, -0.15) is 0 Å². The van der Waals surface area contributed by atoms with Crippen molar-refractivity contribution >= 4 is 17.8 Å². The van der Waals surface area contributed by atoms with E-state index in [9.17, 15) is 9.59 Å². The molecule has 0 radical (unpaired) electrons. The Hall–Kier alpha value is -3.08. The Kier molecular flexibility index (Phi) is 5.73. The van der Waals surface area contributed by atoms with Crippen molar-refractivity contribution in [2.45, 2.75) is 0 Å². The van der Waals surface area contributed by atoms with Crippen LogP contribution in [-0.2, 0) is 0 Å². The molecule has 2 aromatic carbocycles. The van der Waals surface area contributed by atoms with Crippen LogP contribution < -0.4 is 14.8 Å². The van der Waals surface area contributed by atoms with E-state index < -0.39 is 0 Å². The molecule has 0 saturated heterocycles. The zero-order valence-corrected chi connectivity index (χ0v) is 13.8. The van der Waals surface area contributed by atoms with Gasteiger partial charge in [-0.25, -0.2) is 0 Å². The van der Waals surface area contributed by atoms with Crippen molar-refractivity contribution in [1.82, 2.24) is 5.32 Å². The SMILES string of the molecule is CNC(=O)c1ccc(/C=C/C(=O)c2ccc(OC)cc2OC)cc1. The summed E-state index contributed by atoms with van der Waals surface area (Å²) in [4.78, 5) is 23.8. The van der Waals surface area contributed by atoms with Crippen LogP contribution in [0.5, 0.6) is 11.5 Å². The highest BCUT2D eigenvalue weighted by Gasteiger charge is 2.10. The Morgan fingerprint density at radius 2 is 1.71 bits per heavy atom. The minimum Gasteiger partial charge on any atom is -0.497 e. The van der Waals surface area contributed by atoms with Crippen molar-refractivity contribution in [3.05, 3.63) is 65.2 Å². The molecule has 0 aliphatic carbocycles. The van der Waals surface area contributed by atoms with Crippen LogP contribution >= 0.6 is 0 Å². The minimum absolute atomic E-state index is 0.149. The molecule has 0 heterocycles. The molecule has 2 rings (SSSR count). The van der Waals surface area contributed by atoms with Gasteiger partial charge in [0.05, 0.1) is 19.8 Å². The van der Waals surface area contributed by atoms with E-state index in [2.05, 4.69) is 5.32 Å². The Labute approximate surface area is 140 Å².